The highest BCUT2D eigenvalue weighted by Gasteiger charge is 2.37. The number of para-hydroxylation sites is 2. The molecule has 1 fully saturated rings. The maximum atomic E-state index is 12.2. The standard InChI is InChI=1S/C16H15N3O6/c1-24-12-5-3-2-4-11(12)17-15(20)10-8-18(9-10)16(21)13-6-7-14(25-13)19(22)23/h2-7,10H,8-9H2,1H3,(H,17,20). The number of methoxy groups -OCH3 is 1. The van der Waals surface area contributed by atoms with Crippen molar-refractivity contribution in [3.8, 4) is 5.75 Å². The largest absolute Gasteiger partial charge is 0.495 e. The summed E-state index contributed by atoms with van der Waals surface area (Å²) in [6.07, 6.45) is 0. The van der Waals surface area contributed by atoms with Gasteiger partial charge in [0, 0.05) is 13.1 Å². The van der Waals surface area contributed by atoms with Crippen LogP contribution < -0.4 is 10.1 Å². The van der Waals surface area contributed by atoms with Crippen LogP contribution in [0.5, 0.6) is 5.75 Å². The molecule has 1 aromatic carbocycles. The van der Waals surface area contributed by atoms with Crippen LogP contribution in [0.4, 0.5) is 11.6 Å². The summed E-state index contributed by atoms with van der Waals surface area (Å²) in [7, 11) is 1.51. The number of hydrogen-bond donors (Lipinski definition) is 1. The Bertz CT molecular complexity index is 825. The number of nitro groups is 1. The highest BCUT2D eigenvalue weighted by atomic mass is 16.6. The van der Waals surface area contributed by atoms with E-state index in [2.05, 4.69) is 5.32 Å². The molecular weight excluding hydrogens is 330 g/mol. The molecule has 9 heteroatoms. The number of benzene rings is 1. The number of hydrogen-bond acceptors (Lipinski definition) is 6. The van der Waals surface area contributed by atoms with Crippen LogP contribution in [0.3, 0.4) is 0 Å². The predicted molar refractivity (Wildman–Crippen MR) is 86.4 cm³/mol. The van der Waals surface area contributed by atoms with Gasteiger partial charge >= 0.3 is 5.88 Å². The van der Waals surface area contributed by atoms with E-state index in [4.69, 9.17) is 9.15 Å². The summed E-state index contributed by atoms with van der Waals surface area (Å²) in [4.78, 5) is 35.7. The summed E-state index contributed by atoms with van der Waals surface area (Å²) in [5, 5.41) is 13.3. The Morgan fingerprint density at radius 2 is 2.00 bits per heavy atom. The molecule has 9 nitrogen and oxygen atoms in total. The van der Waals surface area contributed by atoms with Crippen molar-refractivity contribution in [1.82, 2.24) is 4.90 Å². The number of anilines is 1. The molecule has 1 N–H and O–H groups in total. The summed E-state index contributed by atoms with van der Waals surface area (Å²) < 4.78 is 10.0. The van der Waals surface area contributed by atoms with E-state index in [1.165, 1.54) is 18.1 Å². The van der Waals surface area contributed by atoms with E-state index >= 15 is 0 Å². The molecule has 2 aromatic rings. The fourth-order valence-corrected chi connectivity index (χ4v) is 2.49. The Morgan fingerprint density at radius 3 is 2.64 bits per heavy atom. The minimum Gasteiger partial charge on any atom is -0.495 e. The molecule has 0 radical (unpaired) electrons. The third kappa shape index (κ3) is 3.30. The minimum absolute atomic E-state index is 0.115. The molecule has 1 aliphatic heterocycles. The normalized spacial score (nSPS) is 13.9. The fourth-order valence-electron chi connectivity index (χ4n) is 2.49. The zero-order valence-corrected chi connectivity index (χ0v) is 13.3. The first kappa shape index (κ1) is 16.5. The molecule has 0 unspecified atom stereocenters. The summed E-state index contributed by atoms with van der Waals surface area (Å²) in [6.45, 7) is 0.433. The van der Waals surface area contributed by atoms with Crippen molar-refractivity contribution in [3.63, 3.8) is 0 Å². The third-order valence-corrected chi connectivity index (χ3v) is 3.89. The molecule has 0 saturated carbocycles. The smallest absolute Gasteiger partial charge is 0.433 e. The van der Waals surface area contributed by atoms with Crippen LogP contribution in [0, 0.1) is 16.0 Å². The van der Waals surface area contributed by atoms with Crippen LogP contribution in [0.1, 0.15) is 10.6 Å². The van der Waals surface area contributed by atoms with Gasteiger partial charge in [-0.1, -0.05) is 12.1 Å². The zero-order valence-electron chi connectivity index (χ0n) is 13.3. The van der Waals surface area contributed by atoms with Crippen molar-refractivity contribution in [2.75, 3.05) is 25.5 Å². The number of furan rings is 1. The SMILES string of the molecule is COc1ccccc1NC(=O)C1CN(C(=O)c2ccc([N+](=O)[O-])o2)C1. The number of ether oxygens (including phenoxy) is 1. The number of nitrogens with one attached hydrogen (secondary N) is 1. The van der Waals surface area contributed by atoms with Crippen LogP contribution >= 0.6 is 0 Å². The first-order valence-electron chi connectivity index (χ1n) is 7.47. The molecule has 0 bridgehead atoms. The lowest BCUT2D eigenvalue weighted by Crippen LogP contribution is -2.54. The fraction of sp³-hybridized carbons (Fsp3) is 0.250. The molecule has 2 heterocycles. The van der Waals surface area contributed by atoms with Gasteiger partial charge in [0.25, 0.3) is 5.91 Å². The van der Waals surface area contributed by atoms with Crippen molar-refractivity contribution in [3.05, 3.63) is 52.3 Å². The number of rotatable bonds is 5. The van der Waals surface area contributed by atoms with E-state index in [0.717, 1.165) is 6.07 Å². The maximum Gasteiger partial charge on any atom is 0.433 e. The maximum absolute atomic E-state index is 12.2. The van der Waals surface area contributed by atoms with E-state index in [9.17, 15) is 19.7 Å². The van der Waals surface area contributed by atoms with E-state index in [1.54, 1.807) is 24.3 Å². The molecule has 25 heavy (non-hydrogen) atoms. The molecule has 130 valence electrons. The molecule has 0 aliphatic carbocycles. The Morgan fingerprint density at radius 1 is 1.28 bits per heavy atom. The van der Waals surface area contributed by atoms with Gasteiger partial charge in [-0.25, -0.2) is 0 Å². The van der Waals surface area contributed by atoms with Gasteiger partial charge < -0.3 is 19.4 Å². The summed E-state index contributed by atoms with van der Waals surface area (Å²) in [5.41, 5.74) is 0.557. The lowest BCUT2D eigenvalue weighted by atomic mass is 9.98. The average molecular weight is 345 g/mol. The minimum atomic E-state index is -0.712. The molecule has 1 aliphatic rings. The van der Waals surface area contributed by atoms with E-state index < -0.39 is 16.7 Å². The van der Waals surface area contributed by atoms with Gasteiger partial charge in [0.15, 0.2) is 5.76 Å². The number of likely N-dealkylation sites (tertiary alicyclic amines) is 1. The lowest BCUT2D eigenvalue weighted by molar-refractivity contribution is -0.402. The third-order valence-electron chi connectivity index (χ3n) is 3.89. The average Bonchev–Trinajstić information content (AvgIpc) is 3.04. The Kier molecular flexibility index (Phi) is 4.38. The highest BCUT2D eigenvalue weighted by molar-refractivity contribution is 5.98. The number of amides is 2. The number of nitrogens with zero attached hydrogens (tertiary/aromatic N) is 2. The van der Waals surface area contributed by atoms with Crippen LogP contribution in [0.25, 0.3) is 0 Å². The highest BCUT2D eigenvalue weighted by Crippen LogP contribution is 2.26. The monoisotopic (exact) mass is 345 g/mol. The summed E-state index contributed by atoms with van der Waals surface area (Å²) in [5.74, 6) is -1.12. The van der Waals surface area contributed by atoms with Gasteiger partial charge in [-0.2, -0.15) is 0 Å². The predicted octanol–water partition coefficient (Wildman–Crippen LogP) is 1.91. The number of carbonyl (C=O) groups is 2. The van der Waals surface area contributed by atoms with Crippen molar-refractivity contribution in [1.29, 1.82) is 0 Å². The van der Waals surface area contributed by atoms with E-state index in [0.29, 0.717) is 11.4 Å². The first-order chi connectivity index (χ1) is 12.0. The molecule has 1 saturated heterocycles. The molecule has 1 aromatic heterocycles. The molecule has 0 atom stereocenters. The second-order valence-corrected chi connectivity index (χ2v) is 5.49. The van der Waals surface area contributed by atoms with Gasteiger partial charge in [-0.05, 0) is 18.2 Å². The molecule has 0 spiro atoms. The Labute approximate surface area is 142 Å². The van der Waals surface area contributed by atoms with Gasteiger partial charge in [-0.3, -0.25) is 19.7 Å². The van der Waals surface area contributed by atoms with Gasteiger partial charge in [-0.15, -0.1) is 0 Å². The molecular formula is C16H15N3O6. The quantitative estimate of drug-likeness (QED) is 0.654. The van der Waals surface area contributed by atoms with Crippen LogP contribution in [0.15, 0.2) is 40.8 Å². The van der Waals surface area contributed by atoms with Crippen LogP contribution in [0.2, 0.25) is 0 Å². The van der Waals surface area contributed by atoms with Crippen molar-refractivity contribution >= 4 is 23.4 Å². The van der Waals surface area contributed by atoms with Gasteiger partial charge in [0.1, 0.15) is 10.7 Å². The first-order valence-corrected chi connectivity index (χ1v) is 7.47. The summed E-state index contributed by atoms with van der Waals surface area (Å²) in [6, 6.07) is 9.40. The topological polar surface area (TPSA) is 115 Å². The van der Waals surface area contributed by atoms with Crippen molar-refractivity contribution in [2.24, 2.45) is 5.92 Å². The van der Waals surface area contributed by atoms with E-state index in [-0.39, 0.29) is 30.7 Å². The van der Waals surface area contributed by atoms with Crippen LogP contribution in [-0.4, -0.2) is 41.8 Å². The van der Waals surface area contributed by atoms with Crippen molar-refractivity contribution < 1.29 is 23.7 Å². The van der Waals surface area contributed by atoms with Crippen LogP contribution in [-0.2, 0) is 4.79 Å². The lowest BCUT2D eigenvalue weighted by Gasteiger charge is -2.37. The second-order valence-electron chi connectivity index (χ2n) is 5.49. The van der Waals surface area contributed by atoms with E-state index in [1.807, 2.05) is 0 Å². The summed E-state index contributed by atoms with van der Waals surface area (Å²) >= 11 is 0. The van der Waals surface area contributed by atoms with Gasteiger partial charge in [0.05, 0.1) is 24.8 Å². The number of carbonyl (C=O) groups excluding carboxylic acids is 2. The van der Waals surface area contributed by atoms with Crippen molar-refractivity contribution in [2.45, 2.75) is 0 Å². The molecule has 2 amide bonds. The molecule has 3 rings (SSSR count). The zero-order chi connectivity index (χ0) is 18.0. The Balaban J connectivity index is 1.57. The second kappa shape index (κ2) is 6.63. The Hall–Kier alpha value is -3.36. The van der Waals surface area contributed by atoms with Gasteiger partial charge in [0.2, 0.25) is 5.91 Å².